The number of rotatable bonds is 7. The molecule has 2 N–H and O–H groups in total. The lowest BCUT2D eigenvalue weighted by molar-refractivity contribution is 0.296. The Labute approximate surface area is 123 Å². The van der Waals surface area contributed by atoms with E-state index in [1.807, 2.05) is 30.5 Å². The van der Waals surface area contributed by atoms with Crippen LogP contribution in [0.1, 0.15) is 12.5 Å². The lowest BCUT2D eigenvalue weighted by Gasteiger charge is -2.12. The first kappa shape index (κ1) is 14.8. The number of nitrogens with two attached hydrogens (primary N) is 1. The second kappa shape index (κ2) is 7.87. The number of hydrogen-bond donors (Lipinski definition) is 1. The highest BCUT2D eigenvalue weighted by Gasteiger charge is 2.06. The smallest absolute Gasteiger partial charge is 0.137 e. The molecular weight excluding hydrogens is 270 g/mol. The van der Waals surface area contributed by atoms with Crippen LogP contribution < -0.4 is 10.5 Å². The minimum absolute atomic E-state index is 0.0349. The van der Waals surface area contributed by atoms with Gasteiger partial charge >= 0.3 is 0 Å². The maximum absolute atomic E-state index is 6.05. The van der Waals surface area contributed by atoms with Gasteiger partial charge in [-0.15, -0.1) is 11.8 Å². The number of pyridine rings is 2. The molecule has 2 aromatic rings. The number of nitrogens with zero attached hydrogens (tertiary/aromatic N) is 2. The molecule has 5 heteroatoms. The summed E-state index contributed by atoms with van der Waals surface area (Å²) in [7, 11) is 0. The van der Waals surface area contributed by atoms with Gasteiger partial charge in [-0.2, -0.15) is 0 Å². The summed E-state index contributed by atoms with van der Waals surface area (Å²) >= 11 is 1.64. The predicted octanol–water partition coefficient (Wildman–Crippen LogP) is 2.54. The molecule has 0 saturated heterocycles. The molecule has 0 saturated carbocycles. The fourth-order valence-corrected chi connectivity index (χ4v) is 2.40. The van der Waals surface area contributed by atoms with Crippen molar-refractivity contribution in [2.75, 3.05) is 12.4 Å². The average molecular weight is 289 g/mol. The zero-order chi connectivity index (χ0) is 14.2. The Morgan fingerprint density at radius 2 is 2.25 bits per heavy atom. The van der Waals surface area contributed by atoms with Gasteiger partial charge in [0.2, 0.25) is 0 Å². The van der Waals surface area contributed by atoms with Crippen LogP contribution in [0.5, 0.6) is 5.75 Å². The van der Waals surface area contributed by atoms with E-state index in [-0.39, 0.29) is 6.04 Å². The summed E-state index contributed by atoms with van der Waals surface area (Å²) in [6.45, 7) is 2.57. The molecule has 0 aromatic carbocycles. The number of aromatic nitrogens is 2. The first-order valence-electron chi connectivity index (χ1n) is 6.64. The molecule has 20 heavy (non-hydrogen) atoms. The van der Waals surface area contributed by atoms with E-state index in [0.717, 1.165) is 22.9 Å². The molecule has 1 atom stereocenters. The fourth-order valence-electron chi connectivity index (χ4n) is 1.61. The molecule has 0 radical (unpaired) electrons. The van der Waals surface area contributed by atoms with Gasteiger partial charge in [0.1, 0.15) is 12.4 Å². The zero-order valence-corrected chi connectivity index (χ0v) is 12.3. The Morgan fingerprint density at radius 1 is 1.35 bits per heavy atom. The summed E-state index contributed by atoms with van der Waals surface area (Å²) in [4.78, 5) is 8.39. The Hall–Kier alpha value is -1.59. The number of thioether (sulfide) groups is 1. The molecule has 0 amide bonds. The number of ether oxygens (including phenoxy) is 1. The topological polar surface area (TPSA) is 61.0 Å². The van der Waals surface area contributed by atoms with E-state index in [4.69, 9.17) is 10.5 Å². The Morgan fingerprint density at radius 3 is 3.00 bits per heavy atom. The normalized spacial score (nSPS) is 12.1. The molecule has 4 nitrogen and oxygen atoms in total. The molecule has 106 valence electrons. The molecule has 0 aliphatic rings. The van der Waals surface area contributed by atoms with Crippen LogP contribution >= 0.6 is 11.8 Å². The van der Waals surface area contributed by atoms with Crippen LogP contribution in [0.2, 0.25) is 0 Å². The van der Waals surface area contributed by atoms with Gasteiger partial charge < -0.3 is 10.5 Å². The largest absolute Gasteiger partial charge is 0.490 e. The Bertz CT molecular complexity index is 522. The van der Waals surface area contributed by atoms with Gasteiger partial charge in [-0.3, -0.25) is 4.98 Å². The van der Waals surface area contributed by atoms with Crippen molar-refractivity contribution < 1.29 is 4.74 Å². The van der Waals surface area contributed by atoms with Crippen LogP contribution in [0, 0.1) is 0 Å². The van der Waals surface area contributed by atoms with Crippen molar-refractivity contribution in [1.29, 1.82) is 0 Å². The van der Waals surface area contributed by atoms with Crippen LogP contribution in [0.15, 0.2) is 47.9 Å². The third-order valence-electron chi connectivity index (χ3n) is 2.73. The molecule has 2 aromatic heterocycles. The predicted molar refractivity (Wildman–Crippen MR) is 82.0 cm³/mol. The van der Waals surface area contributed by atoms with Gasteiger partial charge in [-0.1, -0.05) is 13.0 Å². The molecule has 0 aliphatic heterocycles. The van der Waals surface area contributed by atoms with E-state index < -0.39 is 0 Å². The SMILES string of the molecule is CCc1cncc(OC[C@@H](N)CSc2ccccn2)c1. The maximum Gasteiger partial charge on any atom is 0.137 e. The van der Waals surface area contributed by atoms with Crippen molar-refractivity contribution in [2.45, 2.75) is 24.4 Å². The highest BCUT2D eigenvalue weighted by Crippen LogP contribution is 2.16. The maximum atomic E-state index is 6.05. The van der Waals surface area contributed by atoms with E-state index in [1.54, 1.807) is 24.2 Å². The second-order valence-corrected chi connectivity index (χ2v) is 5.47. The number of aryl methyl sites for hydroxylation is 1. The van der Waals surface area contributed by atoms with Gasteiger partial charge in [0.25, 0.3) is 0 Å². The highest BCUT2D eigenvalue weighted by molar-refractivity contribution is 7.99. The molecule has 0 unspecified atom stereocenters. The summed E-state index contributed by atoms with van der Waals surface area (Å²) in [5.41, 5.74) is 7.21. The minimum atomic E-state index is -0.0349. The third-order valence-corrected chi connectivity index (χ3v) is 3.86. The zero-order valence-electron chi connectivity index (χ0n) is 11.5. The van der Waals surface area contributed by atoms with Crippen molar-refractivity contribution in [1.82, 2.24) is 9.97 Å². The van der Waals surface area contributed by atoms with Gasteiger partial charge in [-0.25, -0.2) is 4.98 Å². The second-order valence-electron chi connectivity index (χ2n) is 4.43. The summed E-state index contributed by atoms with van der Waals surface area (Å²) in [6, 6.07) is 7.82. The molecule has 0 bridgehead atoms. The molecule has 0 aliphatic carbocycles. The number of hydrogen-bond acceptors (Lipinski definition) is 5. The van der Waals surface area contributed by atoms with Gasteiger partial charge in [0, 0.05) is 24.2 Å². The van der Waals surface area contributed by atoms with Crippen molar-refractivity contribution in [2.24, 2.45) is 5.73 Å². The lowest BCUT2D eigenvalue weighted by atomic mass is 10.2. The molecule has 2 heterocycles. The van der Waals surface area contributed by atoms with Crippen LogP contribution in [-0.2, 0) is 6.42 Å². The van der Waals surface area contributed by atoms with Crippen molar-refractivity contribution in [3.05, 3.63) is 48.4 Å². The average Bonchev–Trinajstić information content (AvgIpc) is 2.52. The van der Waals surface area contributed by atoms with Crippen molar-refractivity contribution >= 4 is 11.8 Å². The van der Waals surface area contributed by atoms with Gasteiger partial charge in [0.05, 0.1) is 11.2 Å². The van der Waals surface area contributed by atoms with E-state index >= 15 is 0 Å². The van der Waals surface area contributed by atoms with E-state index in [9.17, 15) is 0 Å². The monoisotopic (exact) mass is 289 g/mol. The summed E-state index contributed by atoms with van der Waals surface area (Å²) < 4.78 is 5.68. The molecule has 0 spiro atoms. The Balaban J connectivity index is 1.75. The highest BCUT2D eigenvalue weighted by atomic mass is 32.2. The Kier molecular flexibility index (Phi) is 5.83. The quantitative estimate of drug-likeness (QED) is 0.794. The fraction of sp³-hybridized carbons (Fsp3) is 0.333. The summed E-state index contributed by atoms with van der Waals surface area (Å²) in [5, 5.41) is 0.984. The molecular formula is C15H19N3OS. The van der Waals surface area contributed by atoms with E-state index in [1.165, 1.54) is 5.56 Å². The van der Waals surface area contributed by atoms with Gasteiger partial charge in [0.15, 0.2) is 0 Å². The van der Waals surface area contributed by atoms with Crippen molar-refractivity contribution in [3.63, 3.8) is 0 Å². The third kappa shape index (κ3) is 4.83. The van der Waals surface area contributed by atoms with Gasteiger partial charge in [-0.05, 0) is 30.2 Å². The molecule has 0 fully saturated rings. The molecule has 2 rings (SSSR count). The summed E-state index contributed by atoms with van der Waals surface area (Å²) in [5.74, 6) is 1.56. The van der Waals surface area contributed by atoms with E-state index in [0.29, 0.717) is 6.61 Å². The van der Waals surface area contributed by atoms with Crippen LogP contribution in [0.3, 0.4) is 0 Å². The van der Waals surface area contributed by atoms with E-state index in [2.05, 4.69) is 16.9 Å². The van der Waals surface area contributed by atoms with Crippen LogP contribution in [0.4, 0.5) is 0 Å². The van der Waals surface area contributed by atoms with Crippen LogP contribution in [-0.4, -0.2) is 28.4 Å². The van der Waals surface area contributed by atoms with Crippen molar-refractivity contribution in [3.8, 4) is 5.75 Å². The lowest BCUT2D eigenvalue weighted by Crippen LogP contribution is -2.30. The minimum Gasteiger partial charge on any atom is -0.490 e. The first-order chi connectivity index (χ1) is 9.78. The standard InChI is InChI=1S/C15H19N3OS/c1-2-12-7-14(9-17-8-12)19-10-13(16)11-20-15-5-3-4-6-18-15/h3-9,13H,2,10-11,16H2,1H3/t13-/m1/s1. The first-order valence-corrected chi connectivity index (χ1v) is 7.62. The van der Waals surface area contributed by atoms with Crippen LogP contribution in [0.25, 0.3) is 0 Å². The summed E-state index contributed by atoms with van der Waals surface area (Å²) in [6.07, 6.45) is 6.31.